The maximum Gasteiger partial charge on any atom is 0.387 e. The van der Waals surface area contributed by atoms with E-state index >= 15 is 0 Å². The van der Waals surface area contributed by atoms with Gasteiger partial charge in [0, 0.05) is 16.3 Å². The van der Waals surface area contributed by atoms with Gasteiger partial charge >= 0.3 is 6.61 Å². The summed E-state index contributed by atoms with van der Waals surface area (Å²) in [6, 6.07) is 12.8. The zero-order valence-corrected chi connectivity index (χ0v) is 13.1. The van der Waals surface area contributed by atoms with E-state index in [0.717, 1.165) is 38.8 Å². The van der Waals surface area contributed by atoms with Gasteiger partial charge in [-0.2, -0.15) is 8.78 Å². The fourth-order valence-electron chi connectivity index (χ4n) is 2.32. The van der Waals surface area contributed by atoms with Gasteiger partial charge in [-0.1, -0.05) is 53.7 Å². The van der Waals surface area contributed by atoms with Crippen molar-refractivity contribution in [2.75, 3.05) is 0 Å². The van der Waals surface area contributed by atoms with E-state index in [4.69, 9.17) is 11.6 Å². The van der Waals surface area contributed by atoms with Crippen LogP contribution in [0, 0.1) is 0 Å². The SMILES string of the molecule is FC(F)Oc1ccc2c(c1)SC(Cc1ccccc1Cl)=CC2. The lowest BCUT2D eigenvalue weighted by Gasteiger charge is -2.18. The number of allylic oxidation sites excluding steroid dienone is 2. The van der Waals surface area contributed by atoms with Crippen LogP contribution in [0.4, 0.5) is 8.78 Å². The van der Waals surface area contributed by atoms with Crippen LogP contribution < -0.4 is 4.74 Å². The molecule has 1 heterocycles. The number of thioether (sulfide) groups is 1. The molecule has 0 amide bonds. The van der Waals surface area contributed by atoms with Crippen LogP contribution in [0.15, 0.2) is 58.3 Å². The maximum atomic E-state index is 12.3. The zero-order chi connectivity index (χ0) is 15.5. The van der Waals surface area contributed by atoms with E-state index in [1.165, 1.54) is 0 Å². The molecule has 0 aliphatic carbocycles. The average molecular weight is 339 g/mol. The minimum Gasteiger partial charge on any atom is -0.435 e. The lowest BCUT2D eigenvalue weighted by Crippen LogP contribution is -2.03. The van der Waals surface area contributed by atoms with Crippen LogP contribution in [0.25, 0.3) is 0 Å². The van der Waals surface area contributed by atoms with Crippen LogP contribution in [-0.4, -0.2) is 6.61 Å². The number of benzene rings is 2. The molecule has 1 aliphatic heterocycles. The molecule has 0 unspecified atom stereocenters. The summed E-state index contributed by atoms with van der Waals surface area (Å²) in [6.45, 7) is -2.80. The largest absolute Gasteiger partial charge is 0.435 e. The number of halogens is 3. The number of hydrogen-bond acceptors (Lipinski definition) is 2. The van der Waals surface area contributed by atoms with Crippen LogP contribution in [0.3, 0.4) is 0 Å². The summed E-state index contributed by atoms with van der Waals surface area (Å²) in [7, 11) is 0. The molecule has 22 heavy (non-hydrogen) atoms. The fraction of sp³-hybridized carbons (Fsp3) is 0.176. The van der Waals surface area contributed by atoms with Gasteiger partial charge in [-0.3, -0.25) is 0 Å². The van der Waals surface area contributed by atoms with E-state index in [9.17, 15) is 8.78 Å². The third-order valence-corrected chi connectivity index (χ3v) is 4.92. The third-order valence-electron chi connectivity index (χ3n) is 3.38. The van der Waals surface area contributed by atoms with Gasteiger partial charge in [0.2, 0.25) is 0 Å². The highest BCUT2D eigenvalue weighted by Crippen LogP contribution is 2.39. The first-order chi connectivity index (χ1) is 10.6. The molecular weight excluding hydrogens is 326 g/mol. The number of alkyl halides is 2. The molecule has 0 N–H and O–H groups in total. The number of fused-ring (bicyclic) bond motifs is 1. The Balaban J connectivity index is 1.77. The van der Waals surface area contributed by atoms with E-state index in [0.29, 0.717) is 0 Å². The number of hydrogen-bond donors (Lipinski definition) is 0. The monoisotopic (exact) mass is 338 g/mol. The van der Waals surface area contributed by atoms with Crippen molar-refractivity contribution in [3.63, 3.8) is 0 Å². The second-order valence-corrected chi connectivity index (χ2v) is 6.47. The smallest absolute Gasteiger partial charge is 0.387 e. The number of rotatable bonds is 4. The fourth-order valence-corrected chi connectivity index (χ4v) is 3.66. The molecule has 0 fully saturated rings. The van der Waals surface area contributed by atoms with Gasteiger partial charge in [0.15, 0.2) is 0 Å². The molecule has 1 aliphatic rings. The van der Waals surface area contributed by atoms with Crippen molar-refractivity contribution in [1.29, 1.82) is 0 Å². The lowest BCUT2D eigenvalue weighted by molar-refractivity contribution is -0.0499. The van der Waals surface area contributed by atoms with Crippen LogP contribution in [-0.2, 0) is 12.8 Å². The first-order valence-corrected chi connectivity index (χ1v) is 7.99. The van der Waals surface area contributed by atoms with Gasteiger partial charge in [-0.05, 0) is 40.7 Å². The van der Waals surface area contributed by atoms with Crippen molar-refractivity contribution in [3.8, 4) is 5.75 Å². The molecule has 2 aromatic rings. The second-order valence-electron chi connectivity index (χ2n) is 4.89. The van der Waals surface area contributed by atoms with Crippen LogP contribution in [0.5, 0.6) is 5.75 Å². The minimum atomic E-state index is -2.80. The highest BCUT2D eigenvalue weighted by atomic mass is 35.5. The molecule has 0 bridgehead atoms. The Morgan fingerprint density at radius 3 is 2.77 bits per heavy atom. The molecule has 0 aromatic heterocycles. The summed E-state index contributed by atoms with van der Waals surface area (Å²) in [6.07, 6.45) is 3.69. The van der Waals surface area contributed by atoms with Gasteiger partial charge < -0.3 is 4.74 Å². The predicted octanol–water partition coefficient (Wildman–Crippen LogP) is 5.72. The summed E-state index contributed by atoms with van der Waals surface area (Å²) >= 11 is 7.77. The van der Waals surface area contributed by atoms with Crippen molar-refractivity contribution >= 4 is 23.4 Å². The van der Waals surface area contributed by atoms with Crippen molar-refractivity contribution in [1.82, 2.24) is 0 Å². The topological polar surface area (TPSA) is 9.23 Å². The molecule has 0 radical (unpaired) electrons. The predicted molar refractivity (Wildman–Crippen MR) is 85.9 cm³/mol. The highest BCUT2D eigenvalue weighted by molar-refractivity contribution is 8.03. The molecule has 0 saturated carbocycles. The average Bonchev–Trinajstić information content (AvgIpc) is 2.49. The van der Waals surface area contributed by atoms with Gasteiger partial charge in [0.1, 0.15) is 5.75 Å². The molecule has 3 rings (SSSR count). The summed E-state index contributed by atoms with van der Waals surface area (Å²) in [5, 5.41) is 0.740. The molecular formula is C17H13ClF2OS. The van der Waals surface area contributed by atoms with Crippen molar-refractivity contribution < 1.29 is 13.5 Å². The minimum absolute atomic E-state index is 0.195. The van der Waals surface area contributed by atoms with Gasteiger partial charge in [-0.25, -0.2) is 0 Å². The first-order valence-electron chi connectivity index (χ1n) is 6.80. The summed E-state index contributed by atoms with van der Waals surface area (Å²) in [5.74, 6) is 0.195. The Morgan fingerprint density at radius 2 is 2.00 bits per heavy atom. The summed E-state index contributed by atoms with van der Waals surface area (Å²) in [5.41, 5.74) is 2.18. The van der Waals surface area contributed by atoms with E-state index in [2.05, 4.69) is 10.8 Å². The molecule has 2 aromatic carbocycles. The zero-order valence-electron chi connectivity index (χ0n) is 11.6. The Bertz CT molecular complexity index is 716. The molecule has 0 atom stereocenters. The van der Waals surface area contributed by atoms with Crippen molar-refractivity contribution in [3.05, 3.63) is 69.6 Å². The first kappa shape index (κ1) is 15.4. The quantitative estimate of drug-likeness (QED) is 0.705. The van der Waals surface area contributed by atoms with E-state index in [-0.39, 0.29) is 5.75 Å². The molecule has 5 heteroatoms. The number of ether oxygens (including phenoxy) is 1. The molecule has 0 spiro atoms. The molecule has 1 nitrogen and oxygen atoms in total. The maximum absolute atomic E-state index is 12.3. The van der Waals surface area contributed by atoms with E-state index < -0.39 is 6.61 Å². The molecule has 114 valence electrons. The third kappa shape index (κ3) is 3.62. The van der Waals surface area contributed by atoms with Crippen LogP contribution in [0.1, 0.15) is 11.1 Å². The van der Waals surface area contributed by atoms with Crippen LogP contribution in [0.2, 0.25) is 5.02 Å². The van der Waals surface area contributed by atoms with Gasteiger partial charge in [0.25, 0.3) is 0 Å². The lowest BCUT2D eigenvalue weighted by atomic mass is 10.1. The van der Waals surface area contributed by atoms with Crippen molar-refractivity contribution in [2.24, 2.45) is 0 Å². The summed E-state index contributed by atoms with van der Waals surface area (Å²) < 4.78 is 29.1. The Hall–Kier alpha value is -1.52. The molecule has 0 saturated heterocycles. The normalized spacial score (nSPS) is 13.7. The summed E-state index contributed by atoms with van der Waals surface area (Å²) in [4.78, 5) is 2.12. The van der Waals surface area contributed by atoms with E-state index in [1.807, 2.05) is 30.3 Å². The van der Waals surface area contributed by atoms with Gasteiger partial charge in [-0.15, -0.1) is 0 Å². The Kier molecular flexibility index (Phi) is 4.69. The second kappa shape index (κ2) is 6.71. The van der Waals surface area contributed by atoms with E-state index in [1.54, 1.807) is 23.9 Å². The van der Waals surface area contributed by atoms with Gasteiger partial charge in [0.05, 0.1) is 0 Å². The Morgan fingerprint density at radius 1 is 1.18 bits per heavy atom. The van der Waals surface area contributed by atoms with Crippen molar-refractivity contribution in [2.45, 2.75) is 24.3 Å². The Labute approximate surface area is 136 Å². The van der Waals surface area contributed by atoms with Crippen LogP contribution >= 0.6 is 23.4 Å². The standard InChI is InChI=1S/C17H13ClF2OS/c18-15-4-2-1-3-12(15)9-14-8-6-11-5-7-13(21-17(19)20)10-16(11)22-14/h1-5,7-8,10,17H,6,9H2. The highest BCUT2D eigenvalue weighted by Gasteiger charge is 2.15.